The van der Waals surface area contributed by atoms with Crippen LogP contribution in [-0.2, 0) is 6.18 Å². The van der Waals surface area contributed by atoms with Gasteiger partial charge in [0.25, 0.3) is 11.8 Å². The van der Waals surface area contributed by atoms with Gasteiger partial charge in [-0.1, -0.05) is 6.07 Å². The van der Waals surface area contributed by atoms with Gasteiger partial charge in [-0.3, -0.25) is 19.6 Å². The Morgan fingerprint density at radius 2 is 1.61 bits per heavy atom. The SMILES string of the molecule is CNC(=O)c1cc(-c2nccc(-c3cc(NC(=O)c4ccnc(C(F)(F)F)c4)ccc3C)n2)ccn1. The van der Waals surface area contributed by atoms with E-state index in [0.29, 0.717) is 34.4 Å². The molecule has 2 N–H and O–H groups in total. The lowest BCUT2D eigenvalue weighted by atomic mass is 10.0. The van der Waals surface area contributed by atoms with Crippen molar-refractivity contribution < 1.29 is 22.8 Å². The number of aryl methyl sites for hydroxylation is 1. The Labute approximate surface area is 203 Å². The van der Waals surface area contributed by atoms with Crippen LogP contribution in [0.5, 0.6) is 0 Å². The molecule has 0 fully saturated rings. The highest BCUT2D eigenvalue weighted by Gasteiger charge is 2.33. The van der Waals surface area contributed by atoms with Crippen molar-refractivity contribution in [2.45, 2.75) is 13.1 Å². The first-order valence-electron chi connectivity index (χ1n) is 10.6. The summed E-state index contributed by atoms with van der Waals surface area (Å²) in [4.78, 5) is 40.7. The molecule has 4 rings (SSSR count). The number of aromatic nitrogens is 4. The van der Waals surface area contributed by atoms with Crippen LogP contribution in [0.1, 0.15) is 32.1 Å². The van der Waals surface area contributed by atoms with Crippen LogP contribution < -0.4 is 10.6 Å². The van der Waals surface area contributed by atoms with Gasteiger partial charge in [-0.15, -0.1) is 0 Å². The summed E-state index contributed by atoms with van der Waals surface area (Å²) in [5.41, 5.74) is 1.94. The number of nitrogens with one attached hydrogen (secondary N) is 2. The van der Waals surface area contributed by atoms with E-state index >= 15 is 0 Å². The van der Waals surface area contributed by atoms with Crippen molar-refractivity contribution in [1.29, 1.82) is 0 Å². The van der Waals surface area contributed by atoms with Crippen molar-refractivity contribution in [2.75, 3.05) is 12.4 Å². The molecule has 11 heteroatoms. The number of halogens is 3. The average Bonchev–Trinajstić information content (AvgIpc) is 2.89. The maximum atomic E-state index is 12.9. The minimum absolute atomic E-state index is 0.173. The first kappa shape index (κ1) is 24.5. The molecular weight excluding hydrogens is 473 g/mol. The van der Waals surface area contributed by atoms with Crippen molar-refractivity contribution in [3.63, 3.8) is 0 Å². The topological polar surface area (TPSA) is 110 Å². The number of pyridine rings is 2. The maximum Gasteiger partial charge on any atom is 0.433 e. The lowest BCUT2D eigenvalue weighted by Crippen LogP contribution is -2.19. The zero-order valence-electron chi connectivity index (χ0n) is 19.1. The number of rotatable bonds is 5. The summed E-state index contributed by atoms with van der Waals surface area (Å²) in [7, 11) is 1.51. The van der Waals surface area contributed by atoms with Crippen LogP contribution in [0.2, 0.25) is 0 Å². The third-order valence-corrected chi connectivity index (χ3v) is 5.22. The minimum Gasteiger partial charge on any atom is -0.354 e. The number of carbonyl (C=O) groups is 2. The van der Waals surface area contributed by atoms with Crippen LogP contribution in [0.4, 0.5) is 18.9 Å². The highest BCUT2D eigenvalue weighted by Crippen LogP contribution is 2.29. The van der Waals surface area contributed by atoms with Crippen molar-refractivity contribution >= 4 is 17.5 Å². The van der Waals surface area contributed by atoms with Gasteiger partial charge in [-0.05, 0) is 55.0 Å². The third kappa shape index (κ3) is 5.35. The monoisotopic (exact) mass is 492 g/mol. The molecule has 0 aliphatic heterocycles. The smallest absolute Gasteiger partial charge is 0.354 e. The number of nitrogens with zero attached hydrogens (tertiary/aromatic N) is 4. The molecule has 8 nitrogen and oxygen atoms in total. The highest BCUT2D eigenvalue weighted by molar-refractivity contribution is 6.04. The van der Waals surface area contributed by atoms with Crippen LogP contribution >= 0.6 is 0 Å². The number of amides is 2. The van der Waals surface area contributed by atoms with E-state index in [1.807, 2.05) is 6.92 Å². The number of hydrogen-bond acceptors (Lipinski definition) is 6. The van der Waals surface area contributed by atoms with E-state index < -0.39 is 17.8 Å². The molecule has 0 bridgehead atoms. The molecule has 36 heavy (non-hydrogen) atoms. The van der Waals surface area contributed by atoms with E-state index in [9.17, 15) is 22.8 Å². The predicted octanol–water partition coefficient (Wildman–Crippen LogP) is 4.54. The zero-order valence-corrected chi connectivity index (χ0v) is 19.1. The molecule has 0 atom stereocenters. The number of anilines is 1. The molecule has 0 spiro atoms. The molecule has 0 unspecified atom stereocenters. The second kappa shape index (κ2) is 9.90. The summed E-state index contributed by atoms with van der Waals surface area (Å²) in [6.45, 7) is 1.86. The molecular formula is C25H19F3N6O2. The fourth-order valence-electron chi connectivity index (χ4n) is 3.38. The van der Waals surface area contributed by atoms with E-state index in [-0.39, 0.29) is 17.2 Å². The summed E-state index contributed by atoms with van der Waals surface area (Å²) >= 11 is 0. The van der Waals surface area contributed by atoms with Gasteiger partial charge in [0.05, 0.1) is 5.69 Å². The van der Waals surface area contributed by atoms with E-state index in [1.54, 1.807) is 42.6 Å². The standard InChI is InChI=1S/C25H19F3N6O2/c1-14-3-4-17(33-23(35)16-6-9-31-21(12-16)25(26,27)28)13-18(14)19-7-10-32-22(34-19)15-5-8-30-20(11-15)24(36)29-2/h3-13H,1-2H3,(H,29,36)(H,33,35). The Hall–Kier alpha value is -4.67. The van der Waals surface area contributed by atoms with Gasteiger partial charge in [-0.25, -0.2) is 9.97 Å². The van der Waals surface area contributed by atoms with E-state index in [2.05, 4.69) is 30.6 Å². The molecule has 2 amide bonds. The lowest BCUT2D eigenvalue weighted by Gasteiger charge is -2.12. The molecule has 0 aliphatic carbocycles. The zero-order chi connectivity index (χ0) is 25.9. The summed E-state index contributed by atoms with van der Waals surface area (Å²) in [5, 5.41) is 5.13. The van der Waals surface area contributed by atoms with Gasteiger partial charge >= 0.3 is 6.18 Å². The van der Waals surface area contributed by atoms with Gasteiger partial charge in [0.1, 0.15) is 11.4 Å². The molecule has 1 aromatic carbocycles. The molecule has 0 aliphatic rings. The number of alkyl halides is 3. The van der Waals surface area contributed by atoms with Crippen molar-refractivity contribution in [3.8, 4) is 22.6 Å². The lowest BCUT2D eigenvalue weighted by molar-refractivity contribution is -0.141. The summed E-state index contributed by atoms with van der Waals surface area (Å²) in [6.07, 6.45) is -0.665. The average molecular weight is 492 g/mol. The molecule has 3 aromatic heterocycles. The fraction of sp³-hybridized carbons (Fsp3) is 0.120. The first-order chi connectivity index (χ1) is 17.2. The Morgan fingerprint density at radius 3 is 2.36 bits per heavy atom. The predicted molar refractivity (Wildman–Crippen MR) is 126 cm³/mol. The minimum atomic E-state index is -4.66. The van der Waals surface area contributed by atoms with Gasteiger partial charge in [0.15, 0.2) is 5.82 Å². The first-order valence-corrected chi connectivity index (χ1v) is 10.6. The van der Waals surface area contributed by atoms with Crippen LogP contribution in [-0.4, -0.2) is 38.8 Å². The molecule has 0 saturated carbocycles. The highest BCUT2D eigenvalue weighted by atomic mass is 19.4. The molecule has 0 saturated heterocycles. The molecule has 182 valence electrons. The molecule has 4 aromatic rings. The summed E-state index contributed by atoms with van der Waals surface area (Å²) in [6, 6.07) is 11.9. The molecule has 0 radical (unpaired) electrons. The number of hydrogen-bond donors (Lipinski definition) is 2. The van der Waals surface area contributed by atoms with Crippen LogP contribution in [0.25, 0.3) is 22.6 Å². The largest absolute Gasteiger partial charge is 0.433 e. The fourth-order valence-corrected chi connectivity index (χ4v) is 3.38. The normalized spacial score (nSPS) is 11.1. The molecule has 3 heterocycles. The second-order valence-electron chi connectivity index (χ2n) is 7.69. The van der Waals surface area contributed by atoms with Gasteiger partial charge in [0.2, 0.25) is 0 Å². The Kier molecular flexibility index (Phi) is 6.73. The van der Waals surface area contributed by atoms with Gasteiger partial charge < -0.3 is 10.6 Å². The van der Waals surface area contributed by atoms with Gasteiger partial charge in [0, 0.05) is 48.0 Å². The maximum absolute atomic E-state index is 12.9. The quantitative estimate of drug-likeness (QED) is 0.423. The Balaban J connectivity index is 1.63. The number of benzene rings is 1. The Morgan fingerprint density at radius 1 is 0.861 bits per heavy atom. The van der Waals surface area contributed by atoms with Gasteiger partial charge in [-0.2, -0.15) is 13.2 Å². The Bertz CT molecular complexity index is 1460. The summed E-state index contributed by atoms with van der Waals surface area (Å²) < 4.78 is 38.8. The van der Waals surface area contributed by atoms with E-state index in [4.69, 9.17) is 0 Å². The second-order valence-corrected chi connectivity index (χ2v) is 7.69. The van der Waals surface area contributed by atoms with Crippen molar-refractivity contribution in [2.24, 2.45) is 0 Å². The van der Waals surface area contributed by atoms with Crippen molar-refractivity contribution in [3.05, 3.63) is 89.6 Å². The van der Waals surface area contributed by atoms with E-state index in [1.165, 1.54) is 19.3 Å². The van der Waals surface area contributed by atoms with Crippen molar-refractivity contribution in [1.82, 2.24) is 25.3 Å². The van der Waals surface area contributed by atoms with E-state index in [0.717, 1.165) is 11.8 Å². The summed E-state index contributed by atoms with van der Waals surface area (Å²) in [5.74, 6) is -0.686. The third-order valence-electron chi connectivity index (χ3n) is 5.22. The van der Waals surface area contributed by atoms with Crippen LogP contribution in [0, 0.1) is 6.92 Å². The van der Waals surface area contributed by atoms with Crippen LogP contribution in [0.3, 0.4) is 0 Å². The van der Waals surface area contributed by atoms with Crippen LogP contribution in [0.15, 0.2) is 67.1 Å². The number of carbonyl (C=O) groups excluding carboxylic acids is 2.